The van der Waals surface area contributed by atoms with Gasteiger partial charge >= 0.3 is 0 Å². The molecule has 20 heavy (non-hydrogen) atoms. The molecule has 1 aliphatic heterocycles. The Bertz CT molecular complexity index is 445. The lowest BCUT2D eigenvalue weighted by molar-refractivity contribution is -0.130. The third kappa shape index (κ3) is 5.32. The van der Waals surface area contributed by atoms with Crippen LogP contribution in [0.4, 0.5) is 5.82 Å². The molecule has 6 nitrogen and oxygen atoms in total. The van der Waals surface area contributed by atoms with Crippen molar-refractivity contribution in [1.29, 1.82) is 0 Å². The Hall–Kier alpha value is -1.38. The van der Waals surface area contributed by atoms with E-state index >= 15 is 0 Å². The second kappa shape index (κ2) is 8.72. The van der Waals surface area contributed by atoms with Crippen LogP contribution >= 0.6 is 24.0 Å². The third-order valence-corrected chi connectivity index (χ3v) is 3.01. The highest BCUT2D eigenvalue weighted by Gasteiger charge is 2.15. The lowest BCUT2D eigenvalue weighted by Crippen LogP contribution is -2.37. The number of halogens is 1. The number of amides is 1. The highest BCUT2D eigenvalue weighted by Crippen LogP contribution is 2.08. The monoisotopic (exact) mass is 389 g/mol. The SMILES string of the molecule is I.NC(=NCC(=O)N1CCCCC1)Nc1ccccn1. The Morgan fingerprint density at radius 1 is 1.35 bits per heavy atom. The van der Waals surface area contributed by atoms with Gasteiger partial charge in [0.2, 0.25) is 5.91 Å². The number of nitrogens with two attached hydrogens (primary N) is 1. The molecule has 1 saturated heterocycles. The summed E-state index contributed by atoms with van der Waals surface area (Å²) >= 11 is 0. The Morgan fingerprint density at radius 3 is 2.75 bits per heavy atom. The van der Waals surface area contributed by atoms with Gasteiger partial charge in [0.1, 0.15) is 12.4 Å². The number of pyridine rings is 1. The second-order valence-electron chi connectivity index (χ2n) is 4.48. The molecule has 0 spiro atoms. The summed E-state index contributed by atoms with van der Waals surface area (Å²) < 4.78 is 0. The number of piperidine rings is 1. The molecule has 0 saturated carbocycles. The van der Waals surface area contributed by atoms with Crippen molar-refractivity contribution in [2.45, 2.75) is 19.3 Å². The minimum absolute atomic E-state index is 0. The molecule has 0 radical (unpaired) electrons. The zero-order valence-electron chi connectivity index (χ0n) is 11.3. The summed E-state index contributed by atoms with van der Waals surface area (Å²) in [6.45, 7) is 1.76. The number of anilines is 1. The summed E-state index contributed by atoms with van der Waals surface area (Å²) in [6, 6.07) is 5.45. The van der Waals surface area contributed by atoms with Gasteiger partial charge in [-0.05, 0) is 31.4 Å². The molecular weight excluding hydrogens is 369 g/mol. The van der Waals surface area contributed by atoms with Crippen molar-refractivity contribution >= 4 is 41.7 Å². The standard InChI is InChI=1S/C13H19N5O.HI/c14-13(17-11-6-2-3-7-15-11)16-10-12(19)18-8-4-1-5-9-18;/h2-3,6-7H,1,4-5,8-10H2,(H3,14,15,16,17);1H. The predicted molar refractivity (Wildman–Crippen MR) is 90.2 cm³/mol. The first-order valence-corrected chi connectivity index (χ1v) is 6.51. The summed E-state index contributed by atoms with van der Waals surface area (Å²) in [4.78, 5) is 21.8. The van der Waals surface area contributed by atoms with Gasteiger partial charge in [-0.25, -0.2) is 9.98 Å². The summed E-state index contributed by atoms with van der Waals surface area (Å²) in [7, 11) is 0. The molecule has 0 atom stereocenters. The highest BCUT2D eigenvalue weighted by atomic mass is 127. The van der Waals surface area contributed by atoms with Crippen molar-refractivity contribution in [2.24, 2.45) is 10.7 Å². The maximum atomic E-state index is 11.9. The van der Waals surface area contributed by atoms with Crippen molar-refractivity contribution < 1.29 is 4.79 Å². The van der Waals surface area contributed by atoms with E-state index in [9.17, 15) is 4.79 Å². The minimum atomic E-state index is 0. The molecule has 1 fully saturated rings. The van der Waals surface area contributed by atoms with Gasteiger partial charge in [0.15, 0.2) is 5.96 Å². The molecular formula is C13H20IN5O. The largest absolute Gasteiger partial charge is 0.370 e. The van der Waals surface area contributed by atoms with E-state index in [0.717, 1.165) is 25.9 Å². The van der Waals surface area contributed by atoms with E-state index in [1.807, 2.05) is 17.0 Å². The van der Waals surface area contributed by atoms with Crippen LogP contribution < -0.4 is 11.1 Å². The molecule has 0 aliphatic carbocycles. The lowest BCUT2D eigenvalue weighted by atomic mass is 10.1. The summed E-state index contributed by atoms with van der Waals surface area (Å²) in [5.74, 6) is 0.865. The predicted octanol–water partition coefficient (Wildman–Crippen LogP) is 1.44. The Morgan fingerprint density at radius 2 is 2.10 bits per heavy atom. The normalized spacial score (nSPS) is 15.4. The van der Waals surface area contributed by atoms with Crippen LogP contribution in [0, 0.1) is 0 Å². The molecule has 1 aromatic heterocycles. The van der Waals surface area contributed by atoms with Crippen molar-refractivity contribution in [3.05, 3.63) is 24.4 Å². The average molecular weight is 389 g/mol. The van der Waals surface area contributed by atoms with Gasteiger partial charge in [-0.2, -0.15) is 0 Å². The molecule has 3 N–H and O–H groups in total. The van der Waals surface area contributed by atoms with Crippen molar-refractivity contribution in [2.75, 3.05) is 25.0 Å². The summed E-state index contributed by atoms with van der Waals surface area (Å²) in [6.07, 6.45) is 5.03. The second-order valence-corrected chi connectivity index (χ2v) is 4.48. The molecule has 1 aliphatic rings. The third-order valence-electron chi connectivity index (χ3n) is 3.01. The molecule has 0 aromatic carbocycles. The van der Waals surface area contributed by atoms with Crippen molar-refractivity contribution in [3.8, 4) is 0 Å². The maximum Gasteiger partial charge on any atom is 0.244 e. The maximum absolute atomic E-state index is 11.9. The molecule has 110 valence electrons. The van der Waals surface area contributed by atoms with Crippen LogP contribution in [0.3, 0.4) is 0 Å². The summed E-state index contributed by atoms with van der Waals surface area (Å²) in [5.41, 5.74) is 5.71. The topological polar surface area (TPSA) is 83.6 Å². The van der Waals surface area contributed by atoms with Gasteiger partial charge in [0, 0.05) is 19.3 Å². The number of nitrogens with one attached hydrogen (secondary N) is 1. The molecule has 2 heterocycles. The molecule has 1 aromatic rings. The van der Waals surface area contributed by atoms with Crippen molar-refractivity contribution in [3.63, 3.8) is 0 Å². The number of nitrogens with zero attached hydrogens (tertiary/aromatic N) is 3. The van der Waals surface area contributed by atoms with E-state index in [-0.39, 0.29) is 42.4 Å². The number of carbonyl (C=O) groups excluding carboxylic acids is 1. The zero-order valence-corrected chi connectivity index (χ0v) is 13.6. The molecule has 0 bridgehead atoms. The van der Waals surface area contributed by atoms with E-state index in [0.29, 0.717) is 5.82 Å². The van der Waals surface area contributed by atoms with Gasteiger partial charge < -0.3 is 16.0 Å². The van der Waals surface area contributed by atoms with Crippen molar-refractivity contribution in [1.82, 2.24) is 9.88 Å². The number of carbonyl (C=O) groups is 1. The van der Waals surface area contributed by atoms with Crippen LogP contribution in [0.5, 0.6) is 0 Å². The number of hydrogen-bond donors (Lipinski definition) is 2. The molecule has 0 unspecified atom stereocenters. The van der Waals surface area contributed by atoms with E-state index in [2.05, 4.69) is 15.3 Å². The first kappa shape index (κ1) is 16.7. The fourth-order valence-corrected chi connectivity index (χ4v) is 2.00. The smallest absolute Gasteiger partial charge is 0.244 e. The van der Waals surface area contributed by atoms with Gasteiger partial charge in [-0.3, -0.25) is 4.79 Å². The minimum Gasteiger partial charge on any atom is -0.370 e. The summed E-state index contributed by atoms with van der Waals surface area (Å²) in [5, 5.41) is 2.85. The highest BCUT2D eigenvalue weighted by molar-refractivity contribution is 14.0. The number of guanidine groups is 1. The first-order chi connectivity index (χ1) is 9.25. The zero-order chi connectivity index (χ0) is 13.5. The fourth-order valence-electron chi connectivity index (χ4n) is 2.00. The van der Waals surface area contributed by atoms with E-state index in [1.165, 1.54) is 6.42 Å². The quantitative estimate of drug-likeness (QED) is 0.466. The van der Waals surface area contributed by atoms with Crippen LogP contribution in [0.2, 0.25) is 0 Å². The van der Waals surface area contributed by atoms with Crippen LogP contribution in [-0.2, 0) is 4.79 Å². The first-order valence-electron chi connectivity index (χ1n) is 6.51. The van der Waals surface area contributed by atoms with Gasteiger partial charge in [0.25, 0.3) is 0 Å². The Kier molecular flexibility index (Phi) is 7.27. The fraction of sp³-hybridized carbons (Fsp3) is 0.462. The Labute approximate surface area is 135 Å². The number of rotatable bonds is 3. The molecule has 1 amide bonds. The number of aromatic nitrogens is 1. The van der Waals surface area contributed by atoms with Gasteiger partial charge in [0.05, 0.1) is 0 Å². The lowest BCUT2D eigenvalue weighted by Gasteiger charge is -2.26. The van der Waals surface area contributed by atoms with Crippen LogP contribution in [-0.4, -0.2) is 41.4 Å². The number of aliphatic imine (C=N–C) groups is 1. The van der Waals surface area contributed by atoms with Gasteiger partial charge in [-0.15, -0.1) is 24.0 Å². The van der Waals surface area contributed by atoms with E-state index < -0.39 is 0 Å². The van der Waals surface area contributed by atoms with Gasteiger partial charge in [-0.1, -0.05) is 6.07 Å². The molecule has 2 rings (SSSR count). The van der Waals surface area contributed by atoms with Crippen LogP contribution in [0.1, 0.15) is 19.3 Å². The number of likely N-dealkylation sites (tertiary alicyclic amines) is 1. The number of hydrogen-bond acceptors (Lipinski definition) is 3. The Balaban J connectivity index is 0.00000200. The van der Waals surface area contributed by atoms with Crippen LogP contribution in [0.15, 0.2) is 29.4 Å². The average Bonchev–Trinajstić information content (AvgIpc) is 2.47. The molecule has 7 heteroatoms. The van der Waals surface area contributed by atoms with E-state index in [4.69, 9.17) is 5.73 Å². The van der Waals surface area contributed by atoms with Crippen LogP contribution in [0.25, 0.3) is 0 Å². The van der Waals surface area contributed by atoms with E-state index in [1.54, 1.807) is 12.3 Å².